The third-order valence-electron chi connectivity index (χ3n) is 5.82. The maximum atomic E-state index is 13.3. The average molecular weight is 368 g/mol. The number of hydrogen-bond acceptors (Lipinski definition) is 4. The number of rotatable bonds is 3. The van der Waals surface area contributed by atoms with Gasteiger partial charge in [0.25, 0.3) is 0 Å². The lowest BCUT2D eigenvalue weighted by Crippen LogP contribution is -2.42. The van der Waals surface area contributed by atoms with E-state index < -0.39 is 0 Å². The van der Waals surface area contributed by atoms with E-state index in [0.717, 1.165) is 61.9 Å². The first-order chi connectivity index (χ1) is 13.1. The fourth-order valence-corrected chi connectivity index (χ4v) is 4.40. The summed E-state index contributed by atoms with van der Waals surface area (Å²) < 4.78 is 13.3. The maximum Gasteiger partial charge on any atom is 0.225 e. The van der Waals surface area contributed by atoms with Crippen molar-refractivity contribution in [3.63, 3.8) is 0 Å². The summed E-state index contributed by atoms with van der Waals surface area (Å²) >= 11 is 0. The molecular weight excluding hydrogens is 343 g/mol. The standard InChI is InChI=1S/C21H25FN4O/c22-17-9-7-14(8-10-17)18-12-24-21(23)25-19(18)16-6-3-11-26(13-16)20(27)15-4-1-2-5-15/h7-10,12,15-16H,1-6,11,13H2,(H2,23,24,25)/t16-/m0/s1. The number of anilines is 1. The summed E-state index contributed by atoms with van der Waals surface area (Å²) in [6.45, 7) is 1.48. The number of nitrogen functional groups attached to an aromatic ring is 1. The number of hydrogen-bond donors (Lipinski definition) is 1. The number of carbonyl (C=O) groups excluding carboxylic acids is 1. The van der Waals surface area contributed by atoms with E-state index in [2.05, 4.69) is 9.97 Å². The second kappa shape index (κ2) is 7.62. The highest BCUT2D eigenvalue weighted by atomic mass is 19.1. The number of aromatic nitrogens is 2. The number of likely N-dealkylation sites (tertiary alicyclic amines) is 1. The molecule has 27 heavy (non-hydrogen) atoms. The zero-order valence-corrected chi connectivity index (χ0v) is 15.4. The first-order valence-electron chi connectivity index (χ1n) is 9.79. The van der Waals surface area contributed by atoms with Gasteiger partial charge in [-0.1, -0.05) is 25.0 Å². The zero-order valence-electron chi connectivity index (χ0n) is 15.4. The summed E-state index contributed by atoms with van der Waals surface area (Å²) in [4.78, 5) is 23.5. The van der Waals surface area contributed by atoms with Crippen molar-refractivity contribution in [3.8, 4) is 11.1 Å². The van der Waals surface area contributed by atoms with Crippen molar-refractivity contribution >= 4 is 11.9 Å². The predicted molar refractivity (Wildman–Crippen MR) is 102 cm³/mol. The lowest BCUT2D eigenvalue weighted by atomic mass is 9.89. The Bertz CT molecular complexity index is 817. The summed E-state index contributed by atoms with van der Waals surface area (Å²) in [5.74, 6) is 0.561. The van der Waals surface area contributed by atoms with E-state index in [9.17, 15) is 9.18 Å². The molecule has 1 aromatic heterocycles. The summed E-state index contributed by atoms with van der Waals surface area (Å²) in [7, 11) is 0. The van der Waals surface area contributed by atoms with Gasteiger partial charge in [0.15, 0.2) is 0 Å². The number of halogens is 1. The normalized spacial score (nSPS) is 20.8. The molecule has 6 heteroatoms. The molecule has 2 aliphatic rings. The van der Waals surface area contributed by atoms with E-state index in [4.69, 9.17) is 5.73 Å². The lowest BCUT2D eigenvalue weighted by molar-refractivity contribution is -0.136. The molecule has 5 nitrogen and oxygen atoms in total. The van der Waals surface area contributed by atoms with Gasteiger partial charge in [-0.2, -0.15) is 0 Å². The summed E-state index contributed by atoms with van der Waals surface area (Å²) in [5, 5.41) is 0. The van der Waals surface area contributed by atoms with Gasteiger partial charge in [0, 0.05) is 36.7 Å². The van der Waals surface area contributed by atoms with Gasteiger partial charge in [-0.3, -0.25) is 4.79 Å². The number of nitrogens with zero attached hydrogens (tertiary/aromatic N) is 3. The Kier molecular flexibility index (Phi) is 5.05. The van der Waals surface area contributed by atoms with Crippen LogP contribution in [-0.4, -0.2) is 33.9 Å². The molecular formula is C21H25FN4O. The summed E-state index contributed by atoms with van der Waals surface area (Å²) in [6.07, 6.45) is 7.97. The van der Waals surface area contributed by atoms with Crippen LogP contribution in [0.4, 0.5) is 10.3 Å². The van der Waals surface area contributed by atoms with E-state index in [1.165, 1.54) is 12.1 Å². The molecule has 1 aliphatic carbocycles. The maximum absolute atomic E-state index is 13.3. The van der Waals surface area contributed by atoms with Gasteiger partial charge in [-0.25, -0.2) is 14.4 Å². The topological polar surface area (TPSA) is 72.1 Å². The van der Waals surface area contributed by atoms with Gasteiger partial charge in [0.05, 0.1) is 5.69 Å². The van der Waals surface area contributed by atoms with Crippen LogP contribution in [0.2, 0.25) is 0 Å². The molecule has 1 saturated carbocycles. The molecule has 1 atom stereocenters. The first-order valence-corrected chi connectivity index (χ1v) is 9.79. The van der Waals surface area contributed by atoms with Crippen LogP contribution in [0, 0.1) is 11.7 Å². The minimum Gasteiger partial charge on any atom is -0.368 e. The highest BCUT2D eigenvalue weighted by Gasteiger charge is 2.32. The number of amides is 1. The second-order valence-corrected chi connectivity index (χ2v) is 7.64. The van der Waals surface area contributed by atoms with Gasteiger partial charge >= 0.3 is 0 Å². The average Bonchev–Trinajstić information content (AvgIpc) is 3.23. The zero-order chi connectivity index (χ0) is 18.8. The van der Waals surface area contributed by atoms with E-state index in [1.54, 1.807) is 18.3 Å². The largest absolute Gasteiger partial charge is 0.368 e. The molecule has 2 heterocycles. The van der Waals surface area contributed by atoms with Crippen molar-refractivity contribution in [3.05, 3.63) is 42.0 Å². The minimum absolute atomic E-state index is 0.120. The number of benzene rings is 1. The van der Waals surface area contributed by atoms with Crippen LogP contribution in [0.5, 0.6) is 0 Å². The Balaban J connectivity index is 1.61. The van der Waals surface area contributed by atoms with Crippen molar-refractivity contribution in [2.45, 2.75) is 44.4 Å². The number of piperidine rings is 1. The molecule has 1 saturated heterocycles. The molecule has 0 unspecified atom stereocenters. The van der Waals surface area contributed by atoms with Gasteiger partial charge in [0.1, 0.15) is 5.82 Å². The van der Waals surface area contributed by atoms with Crippen LogP contribution in [0.3, 0.4) is 0 Å². The van der Waals surface area contributed by atoms with Crippen molar-refractivity contribution < 1.29 is 9.18 Å². The Morgan fingerprint density at radius 1 is 1.11 bits per heavy atom. The summed E-state index contributed by atoms with van der Waals surface area (Å²) in [5.41, 5.74) is 8.46. The van der Waals surface area contributed by atoms with E-state index >= 15 is 0 Å². The molecule has 0 bridgehead atoms. The van der Waals surface area contributed by atoms with Gasteiger partial charge in [0.2, 0.25) is 11.9 Å². The highest BCUT2D eigenvalue weighted by molar-refractivity contribution is 5.79. The minimum atomic E-state index is -0.275. The third-order valence-corrected chi connectivity index (χ3v) is 5.82. The monoisotopic (exact) mass is 368 g/mol. The highest BCUT2D eigenvalue weighted by Crippen LogP contribution is 2.35. The van der Waals surface area contributed by atoms with Crippen LogP contribution in [0.15, 0.2) is 30.5 Å². The molecule has 1 aromatic carbocycles. The van der Waals surface area contributed by atoms with Gasteiger partial charge in [-0.05, 0) is 43.4 Å². The molecule has 2 fully saturated rings. The third kappa shape index (κ3) is 3.80. The van der Waals surface area contributed by atoms with E-state index in [0.29, 0.717) is 12.5 Å². The lowest BCUT2D eigenvalue weighted by Gasteiger charge is -2.34. The van der Waals surface area contributed by atoms with Gasteiger partial charge < -0.3 is 10.6 Å². The van der Waals surface area contributed by atoms with Crippen molar-refractivity contribution in [1.82, 2.24) is 14.9 Å². The second-order valence-electron chi connectivity index (χ2n) is 7.64. The van der Waals surface area contributed by atoms with Crippen LogP contribution in [0.1, 0.15) is 50.1 Å². The summed E-state index contributed by atoms with van der Waals surface area (Å²) in [6, 6.07) is 6.34. The van der Waals surface area contributed by atoms with Crippen LogP contribution >= 0.6 is 0 Å². The Hall–Kier alpha value is -2.50. The van der Waals surface area contributed by atoms with Crippen LogP contribution in [-0.2, 0) is 4.79 Å². The Morgan fingerprint density at radius 3 is 2.59 bits per heavy atom. The van der Waals surface area contributed by atoms with E-state index in [1.807, 2.05) is 4.90 Å². The van der Waals surface area contributed by atoms with E-state index in [-0.39, 0.29) is 23.6 Å². The molecule has 0 radical (unpaired) electrons. The first kappa shape index (κ1) is 17.9. The Morgan fingerprint density at radius 2 is 1.85 bits per heavy atom. The fourth-order valence-electron chi connectivity index (χ4n) is 4.40. The molecule has 0 spiro atoms. The van der Waals surface area contributed by atoms with Gasteiger partial charge in [-0.15, -0.1) is 0 Å². The molecule has 142 valence electrons. The smallest absolute Gasteiger partial charge is 0.225 e. The fraction of sp³-hybridized carbons (Fsp3) is 0.476. The number of carbonyl (C=O) groups is 1. The van der Waals surface area contributed by atoms with Crippen LogP contribution < -0.4 is 5.73 Å². The quantitative estimate of drug-likeness (QED) is 0.895. The molecule has 2 aromatic rings. The molecule has 1 aliphatic heterocycles. The van der Waals surface area contributed by atoms with Crippen molar-refractivity contribution in [1.29, 1.82) is 0 Å². The molecule has 2 N–H and O–H groups in total. The predicted octanol–water partition coefficient (Wildman–Crippen LogP) is 3.76. The van der Waals surface area contributed by atoms with Crippen molar-refractivity contribution in [2.24, 2.45) is 5.92 Å². The SMILES string of the molecule is Nc1ncc(-c2ccc(F)cc2)c([C@H]2CCCN(C(=O)C3CCCC3)C2)n1. The molecule has 1 amide bonds. The molecule has 4 rings (SSSR count). The van der Waals surface area contributed by atoms with Crippen molar-refractivity contribution in [2.75, 3.05) is 18.8 Å². The number of nitrogens with two attached hydrogens (primary N) is 1. The Labute approximate surface area is 158 Å². The van der Waals surface area contributed by atoms with Crippen LogP contribution in [0.25, 0.3) is 11.1 Å².